The second-order valence-corrected chi connectivity index (χ2v) is 5.06. The van der Waals surface area contributed by atoms with E-state index in [0.717, 1.165) is 14.3 Å². The summed E-state index contributed by atoms with van der Waals surface area (Å²) in [5, 5.41) is 0. The highest BCUT2D eigenvalue weighted by Crippen LogP contribution is 2.32. The van der Waals surface area contributed by atoms with E-state index in [1.54, 1.807) is 35.5 Å². The molecule has 5 heteroatoms. The second-order valence-electron chi connectivity index (χ2n) is 2.15. The van der Waals surface area contributed by atoms with E-state index in [0.29, 0.717) is 0 Å². The molecule has 0 saturated carbocycles. The number of nitrogens with zero attached hydrogens (tertiary/aromatic N) is 2. The van der Waals surface area contributed by atoms with Crippen molar-refractivity contribution in [2.75, 3.05) is 6.26 Å². The van der Waals surface area contributed by atoms with Crippen LogP contribution in [0.2, 0.25) is 0 Å². The molecule has 0 atom stereocenters. The van der Waals surface area contributed by atoms with Crippen molar-refractivity contribution in [2.24, 2.45) is 0 Å². The quantitative estimate of drug-likeness (QED) is 0.737. The van der Waals surface area contributed by atoms with Gasteiger partial charge >= 0.3 is 0 Å². The normalized spacial score (nSPS) is 10.8. The molecule has 0 N–H and O–H groups in total. The molecule has 2 heterocycles. The summed E-state index contributed by atoms with van der Waals surface area (Å²) >= 11 is 6.79. The van der Waals surface area contributed by atoms with E-state index in [1.165, 1.54) is 4.70 Å². The van der Waals surface area contributed by atoms with Crippen molar-refractivity contribution < 1.29 is 0 Å². The van der Waals surface area contributed by atoms with Gasteiger partial charge in [-0.15, -0.1) is 11.3 Å². The van der Waals surface area contributed by atoms with Crippen LogP contribution in [0.15, 0.2) is 21.2 Å². The largest absolute Gasteiger partial charge is 0.261 e. The molecular formula is C7H5BrN2S2. The minimum atomic E-state index is 0.971. The lowest BCUT2D eigenvalue weighted by Crippen LogP contribution is -1.72. The zero-order valence-corrected chi connectivity index (χ0v) is 9.46. The third kappa shape index (κ3) is 1.36. The van der Waals surface area contributed by atoms with Crippen molar-refractivity contribution in [1.29, 1.82) is 0 Å². The summed E-state index contributed by atoms with van der Waals surface area (Å²) in [7, 11) is 0. The maximum absolute atomic E-state index is 4.38. The zero-order valence-electron chi connectivity index (χ0n) is 6.24. The molecule has 0 saturated heterocycles. The van der Waals surface area contributed by atoms with Gasteiger partial charge in [-0.3, -0.25) is 4.98 Å². The fraction of sp³-hybridized carbons (Fsp3) is 0.143. The highest BCUT2D eigenvalue weighted by molar-refractivity contribution is 9.10. The van der Waals surface area contributed by atoms with E-state index in [9.17, 15) is 0 Å². The van der Waals surface area contributed by atoms with Crippen molar-refractivity contribution in [3.63, 3.8) is 0 Å². The van der Waals surface area contributed by atoms with Crippen molar-refractivity contribution in [2.45, 2.75) is 4.34 Å². The van der Waals surface area contributed by atoms with Crippen molar-refractivity contribution in [3.05, 3.63) is 16.9 Å². The molecule has 0 unspecified atom stereocenters. The first-order valence-corrected chi connectivity index (χ1v) is 6.08. The molecule has 2 nitrogen and oxygen atoms in total. The Hall–Kier alpha value is -0.130. The molecule has 0 aromatic carbocycles. The molecule has 2 aromatic rings. The van der Waals surface area contributed by atoms with Crippen LogP contribution in [-0.4, -0.2) is 16.2 Å². The molecule has 0 spiro atoms. The molecule has 0 aliphatic carbocycles. The fourth-order valence-corrected chi connectivity index (χ4v) is 2.90. The number of rotatable bonds is 1. The Morgan fingerprint density at radius 1 is 1.50 bits per heavy atom. The average molecular weight is 261 g/mol. The van der Waals surface area contributed by atoms with Crippen LogP contribution in [0.1, 0.15) is 0 Å². The first kappa shape index (κ1) is 8.47. The smallest absolute Gasteiger partial charge is 0.150 e. The first-order valence-electron chi connectivity index (χ1n) is 3.25. The van der Waals surface area contributed by atoms with Gasteiger partial charge in [0.15, 0.2) is 4.34 Å². The van der Waals surface area contributed by atoms with E-state index in [4.69, 9.17) is 0 Å². The number of fused-ring (bicyclic) bond motifs is 1. The fourth-order valence-electron chi connectivity index (χ4n) is 0.889. The Kier molecular flexibility index (Phi) is 2.34. The predicted octanol–water partition coefficient (Wildman–Crippen LogP) is 3.18. The van der Waals surface area contributed by atoms with Gasteiger partial charge in [0.2, 0.25) is 0 Å². The summed E-state index contributed by atoms with van der Waals surface area (Å²) in [4.78, 5) is 8.43. The third-order valence-corrected chi connectivity index (χ3v) is 4.36. The molecule has 0 bridgehead atoms. The molecule has 2 rings (SSSR count). The summed E-state index contributed by atoms with van der Waals surface area (Å²) in [6, 6.07) is 0. The van der Waals surface area contributed by atoms with Gasteiger partial charge in [0.05, 0.1) is 15.4 Å². The van der Waals surface area contributed by atoms with Gasteiger partial charge in [0, 0.05) is 6.20 Å². The Morgan fingerprint density at radius 3 is 3.00 bits per heavy atom. The SMILES string of the molecule is CSc1nc2cncc(Br)c2s1. The maximum Gasteiger partial charge on any atom is 0.150 e. The molecule has 0 fully saturated rings. The molecule has 62 valence electrons. The van der Waals surface area contributed by atoms with Crippen LogP contribution < -0.4 is 0 Å². The van der Waals surface area contributed by atoms with Crippen molar-refractivity contribution in [3.8, 4) is 0 Å². The van der Waals surface area contributed by atoms with Crippen LogP contribution in [0.5, 0.6) is 0 Å². The van der Waals surface area contributed by atoms with Crippen LogP contribution >= 0.6 is 39.0 Å². The van der Waals surface area contributed by atoms with Crippen molar-refractivity contribution >= 4 is 49.2 Å². The van der Waals surface area contributed by atoms with Crippen LogP contribution in [0.3, 0.4) is 0 Å². The van der Waals surface area contributed by atoms with Gasteiger partial charge in [-0.1, -0.05) is 11.8 Å². The molecule has 0 aliphatic rings. The lowest BCUT2D eigenvalue weighted by molar-refractivity contribution is 1.27. The van der Waals surface area contributed by atoms with Gasteiger partial charge in [0.25, 0.3) is 0 Å². The number of pyridine rings is 1. The van der Waals surface area contributed by atoms with E-state index < -0.39 is 0 Å². The molecule has 12 heavy (non-hydrogen) atoms. The standard InChI is InChI=1S/C7H5BrN2S2/c1-11-7-10-5-3-9-2-4(8)6(5)12-7/h2-3H,1H3. The van der Waals surface area contributed by atoms with E-state index >= 15 is 0 Å². The van der Waals surface area contributed by atoms with E-state index in [1.807, 2.05) is 6.26 Å². The highest BCUT2D eigenvalue weighted by Gasteiger charge is 2.05. The number of hydrogen-bond acceptors (Lipinski definition) is 4. The molecular weight excluding hydrogens is 256 g/mol. The average Bonchev–Trinajstić information content (AvgIpc) is 2.49. The number of halogens is 1. The van der Waals surface area contributed by atoms with E-state index in [-0.39, 0.29) is 0 Å². The number of thiazole rings is 1. The Labute approximate surface area is 86.5 Å². The number of hydrogen-bond donors (Lipinski definition) is 0. The third-order valence-electron chi connectivity index (χ3n) is 1.41. The second kappa shape index (κ2) is 3.32. The number of thioether (sulfide) groups is 1. The zero-order chi connectivity index (χ0) is 8.55. The van der Waals surface area contributed by atoms with Crippen molar-refractivity contribution in [1.82, 2.24) is 9.97 Å². The Bertz CT molecular complexity index is 413. The van der Waals surface area contributed by atoms with Crippen LogP contribution in [0.25, 0.3) is 10.2 Å². The minimum absolute atomic E-state index is 0.971. The number of aromatic nitrogens is 2. The Balaban J connectivity index is 2.74. The predicted molar refractivity (Wildman–Crippen MR) is 56.9 cm³/mol. The van der Waals surface area contributed by atoms with Gasteiger partial charge in [-0.2, -0.15) is 0 Å². The van der Waals surface area contributed by atoms with Gasteiger partial charge < -0.3 is 0 Å². The van der Waals surface area contributed by atoms with Crippen LogP contribution in [-0.2, 0) is 0 Å². The Morgan fingerprint density at radius 2 is 2.33 bits per heavy atom. The molecule has 0 amide bonds. The summed E-state index contributed by atoms with van der Waals surface area (Å²) in [5.74, 6) is 0. The van der Waals surface area contributed by atoms with Crippen LogP contribution in [0.4, 0.5) is 0 Å². The first-order chi connectivity index (χ1) is 5.81. The highest BCUT2D eigenvalue weighted by atomic mass is 79.9. The van der Waals surface area contributed by atoms with E-state index in [2.05, 4.69) is 25.9 Å². The topological polar surface area (TPSA) is 25.8 Å². The van der Waals surface area contributed by atoms with Crippen LogP contribution in [0, 0.1) is 0 Å². The summed E-state index contributed by atoms with van der Waals surface area (Å²) in [5.41, 5.74) is 0.971. The molecule has 0 aliphatic heterocycles. The lowest BCUT2D eigenvalue weighted by Gasteiger charge is -1.87. The molecule has 0 radical (unpaired) electrons. The summed E-state index contributed by atoms with van der Waals surface area (Å²) < 4.78 is 3.28. The summed E-state index contributed by atoms with van der Waals surface area (Å²) in [6.07, 6.45) is 5.61. The molecule has 2 aromatic heterocycles. The monoisotopic (exact) mass is 260 g/mol. The summed E-state index contributed by atoms with van der Waals surface area (Å²) in [6.45, 7) is 0. The maximum atomic E-state index is 4.38. The van der Waals surface area contributed by atoms with Gasteiger partial charge in [0.1, 0.15) is 5.52 Å². The minimum Gasteiger partial charge on any atom is -0.261 e. The van der Waals surface area contributed by atoms with Gasteiger partial charge in [-0.25, -0.2) is 4.98 Å². The lowest BCUT2D eigenvalue weighted by atomic mass is 10.5. The van der Waals surface area contributed by atoms with Gasteiger partial charge in [-0.05, 0) is 22.2 Å².